The van der Waals surface area contributed by atoms with Crippen LogP contribution in [0, 0.1) is 0 Å². The van der Waals surface area contributed by atoms with Crippen molar-refractivity contribution in [1.29, 1.82) is 0 Å². The van der Waals surface area contributed by atoms with Crippen LogP contribution < -0.4 is 5.73 Å². The van der Waals surface area contributed by atoms with E-state index in [1.807, 2.05) is 0 Å². The molecule has 0 atom stereocenters. The van der Waals surface area contributed by atoms with Gasteiger partial charge in [0.05, 0.1) is 0 Å². The number of hydrogen-bond acceptors (Lipinski definition) is 1. The van der Waals surface area contributed by atoms with Crippen LogP contribution in [0.25, 0.3) is 0 Å². The first-order valence-corrected chi connectivity index (χ1v) is 28.7. The molecule has 0 aromatic carbocycles. The van der Waals surface area contributed by atoms with Gasteiger partial charge in [-0.2, -0.15) is 0 Å². The van der Waals surface area contributed by atoms with Gasteiger partial charge in [-0.1, -0.05) is 76.9 Å². The van der Waals surface area contributed by atoms with Crippen LogP contribution in [0.15, 0.2) is 12.2 Å². The zero-order chi connectivity index (χ0) is 18.5. The quantitative estimate of drug-likeness (QED) is 0.112. The van der Waals surface area contributed by atoms with E-state index in [0.29, 0.717) is 0 Å². The Morgan fingerprint density at radius 1 is 0.625 bits per heavy atom. The molecule has 0 fully saturated rings. The van der Waals surface area contributed by atoms with Crippen LogP contribution >= 0.6 is 33.3 Å². The molecule has 0 aliphatic heterocycles. The fourth-order valence-electron chi connectivity index (χ4n) is 2.39. The maximum absolute atomic E-state index is 5.47. The number of allylic oxidation sites excluding steroid dienone is 2. The van der Waals surface area contributed by atoms with E-state index in [1.165, 1.54) is 89.9 Å². The standard InChI is InChI=1S/C18H37N.4ClH.Pb/c1-2-3-4-5-6-7-8-9-10-11-12-13-14-15-16-17-18-19;;;;;/h9-10H,2-8,11-19H2,1H3;4*1H;/q;;;;;+4/p-4/b10-9-;;;;;. The molecular formula is C18H37Cl4NPb. The van der Waals surface area contributed by atoms with Gasteiger partial charge in [-0.05, 0) is 38.6 Å². The number of halogens is 4. The third-order valence-electron chi connectivity index (χ3n) is 3.72. The minimum atomic E-state index is -3.39. The van der Waals surface area contributed by atoms with E-state index in [9.17, 15) is 0 Å². The molecule has 0 heterocycles. The monoisotopic (exact) mass is 615 g/mol. The summed E-state index contributed by atoms with van der Waals surface area (Å²) in [4.78, 5) is 0. The SMILES string of the molecule is CCCCCCCC/C=C\CCCCCCCCN.[Cl][Pb]([Cl])([Cl])[Cl]. The Morgan fingerprint density at radius 3 is 1.33 bits per heavy atom. The molecule has 0 bridgehead atoms. The van der Waals surface area contributed by atoms with Gasteiger partial charge in [0.15, 0.2) is 0 Å². The molecule has 0 rings (SSSR count). The third-order valence-corrected chi connectivity index (χ3v) is 3.72. The van der Waals surface area contributed by atoms with Gasteiger partial charge in [0.25, 0.3) is 0 Å². The molecule has 0 radical (unpaired) electrons. The van der Waals surface area contributed by atoms with Crippen molar-refractivity contribution in [3.05, 3.63) is 12.2 Å². The molecular weight excluding hydrogens is 579 g/mol. The molecule has 146 valence electrons. The molecule has 0 unspecified atom stereocenters. The predicted molar refractivity (Wildman–Crippen MR) is 118 cm³/mol. The van der Waals surface area contributed by atoms with E-state index in [0.717, 1.165) is 6.54 Å². The van der Waals surface area contributed by atoms with Gasteiger partial charge < -0.3 is 5.73 Å². The van der Waals surface area contributed by atoms with E-state index >= 15 is 0 Å². The zero-order valence-electron chi connectivity index (χ0n) is 15.4. The summed E-state index contributed by atoms with van der Waals surface area (Å²) in [6, 6.07) is 0. The Morgan fingerprint density at radius 2 is 0.958 bits per heavy atom. The first kappa shape index (κ1) is 28.0. The second-order valence-corrected chi connectivity index (χ2v) is 39.6. The second kappa shape index (κ2) is 22.8. The van der Waals surface area contributed by atoms with Crippen LogP contribution in [0.1, 0.15) is 96.8 Å². The number of rotatable bonds is 15. The molecule has 0 spiro atoms. The second-order valence-electron chi connectivity index (χ2n) is 6.16. The summed E-state index contributed by atoms with van der Waals surface area (Å²) in [6.07, 6.45) is 23.9. The molecule has 2 N–H and O–H groups in total. The van der Waals surface area contributed by atoms with E-state index in [4.69, 9.17) is 39.0 Å². The molecule has 24 heavy (non-hydrogen) atoms. The zero-order valence-corrected chi connectivity index (χ0v) is 22.3. The van der Waals surface area contributed by atoms with Crippen LogP contribution in [0.5, 0.6) is 0 Å². The number of nitrogens with two attached hydrogens (primary N) is 1. The first-order chi connectivity index (χ1) is 11.4. The average Bonchev–Trinajstić information content (AvgIpc) is 2.49. The van der Waals surface area contributed by atoms with Gasteiger partial charge in [-0.25, -0.2) is 0 Å². The van der Waals surface area contributed by atoms with Crippen LogP contribution in [-0.2, 0) is 0 Å². The van der Waals surface area contributed by atoms with Crippen molar-refractivity contribution in [1.82, 2.24) is 0 Å². The van der Waals surface area contributed by atoms with E-state index in [-0.39, 0.29) is 0 Å². The van der Waals surface area contributed by atoms with Crippen molar-refractivity contribution in [2.75, 3.05) is 6.54 Å². The molecule has 0 aromatic rings. The van der Waals surface area contributed by atoms with Crippen molar-refractivity contribution < 1.29 is 0 Å². The Hall–Kier alpha value is 1.78. The van der Waals surface area contributed by atoms with Gasteiger partial charge in [0.2, 0.25) is 0 Å². The minimum absolute atomic E-state index is 0.862. The normalized spacial score (nSPS) is 11.6. The summed E-state index contributed by atoms with van der Waals surface area (Å²) >= 11 is -3.39. The van der Waals surface area contributed by atoms with Crippen molar-refractivity contribution >= 4 is 49.5 Å². The van der Waals surface area contributed by atoms with Gasteiger partial charge in [-0.15, -0.1) is 0 Å². The fraction of sp³-hybridized carbons (Fsp3) is 0.889. The van der Waals surface area contributed by atoms with Crippen LogP contribution in [0.2, 0.25) is 0 Å². The summed E-state index contributed by atoms with van der Waals surface area (Å²) in [5.74, 6) is 0. The summed E-state index contributed by atoms with van der Waals surface area (Å²) in [6.45, 7) is 3.14. The molecule has 0 saturated carbocycles. The molecule has 6 heteroatoms. The van der Waals surface area contributed by atoms with E-state index in [2.05, 4.69) is 19.1 Å². The van der Waals surface area contributed by atoms with Gasteiger partial charge in [0.1, 0.15) is 0 Å². The average molecular weight is 617 g/mol. The van der Waals surface area contributed by atoms with Gasteiger partial charge in [-0.3, -0.25) is 0 Å². The Balaban J connectivity index is 0. The van der Waals surface area contributed by atoms with Crippen molar-refractivity contribution in [2.45, 2.75) is 96.8 Å². The summed E-state index contributed by atoms with van der Waals surface area (Å²) < 4.78 is 0. The topological polar surface area (TPSA) is 26.0 Å². The Kier molecular flexibility index (Phi) is 26.6. The van der Waals surface area contributed by atoms with E-state index in [1.54, 1.807) is 0 Å². The molecule has 0 aromatic heterocycles. The molecule has 0 saturated heterocycles. The van der Waals surface area contributed by atoms with Gasteiger partial charge >= 0.3 is 49.5 Å². The van der Waals surface area contributed by atoms with Crippen LogP contribution in [-0.4, -0.2) is 22.8 Å². The van der Waals surface area contributed by atoms with Crippen LogP contribution in [0.4, 0.5) is 0 Å². The molecule has 1 nitrogen and oxygen atoms in total. The predicted octanol–water partition coefficient (Wildman–Crippen LogP) is 8.36. The first-order valence-electron chi connectivity index (χ1n) is 9.52. The Bertz CT molecular complexity index is 252. The van der Waals surface area contributed by atoms with Crippen molar-refractivity contribution in [3.8, 4) is 0 Å². The van der Waals surface area contributed by atoms with Crippen molar-refractivity contribution in [3.63, 3.8) is 0 Å². The van der Waals surface area contributed by atoms with Gasteiger partial charge in [0, 0.05) is 0 Å². The molecule has 0 aliphatic carbocycles. The number of hydrogen-bond donors (Lipinski definition) is 1. The Labute approximate surface area is 169 Å². The maximum atomic E-state index is 5.47. The molecule has 0 aliphatic rings. The van der Waals surface area contributed by atoms with Crippen molar-refractivity contribution in [2.24, 2.45) is 5.73 Å². The van der Waals surface area contributed by atoms with Crippen LogP contribution in [0.3, 0.4) is 0 Å². The molecule has 0 amide bonds. The van der Waals surface area contributed by atoms with E-state index < -0.39 is 16.3 Å². The summed E-state index contributed by atoms with van der Waals surface area (Å²) in [7, 11) is 20.2. The fourth-order valence-corrected chi connectivity index (χ4v) is 2.39. The summed E-state index contributed by atoms with van der Waals surface area (Å²) in [5.41, 5.74) is 5.47. The summed E-state index contributed by atoms with van der Waals surface area (Å²) in [5, 5.41) is 0. The number of unbranched alkanes of at least 4 members (excludes halogenated alkanes) is 12. The third kappa shape index (κ3) is 39.0.